The zero-order valence-electron chi connectivity index (χ0n) is 16.7. The van der Waals surface area contributed by atoms with E-state index in [0.717, 1.165) is 12.1 Å². The number of amides is 1. The van der Waals surface area contributed by atoms with Gasteiger partial charge in [0, 0.05) is 29.0 Å². The van der Waals surface area contributed by atoms with Gasteiger partial charge in [0.15, 0.2) is 0 Å². The van der Waals surface area contributed by atoms with Crippen LogP contribution in [0.25, 0.3) is 10.8 Å². The molecule has 3 rings (SSSR count). The molecule has 0 aliphatic rings. The quantitative estimate of drug-likeness (QED) is 0.101. The number of phenolic OH excluding ortho intramolecular Hbond substituents is 1. The molecule has 0 bridgehead atoms. The van der Waals surface area contributed by atoms with Gasteiger partial charge in [-0.1, -0.05) is 0 Å². The van der Waals surface area contributed by atoms with Crippen LogP contribution in [0, 0.1) is 10.1 Å². The number of hydrogen-bond acceptors (Lipinski definition) is 10. The van der Waals surface area contributed by atoms with Crippen molar-refractivity contribution in [3.05, 3.63) is 58.1 Å². The number of nitro groups is 1. The maximum absolute atomic E-state index is 12.8. The van der Waals surface area contributed by atoms with Crippen molar-refractivity contribution in [1.29, 1.82) is 0 Å². The van der Waals surface area contributed by atoms with Gasteiger partial charge in [-0.05, 0) is 24.3 Å². The van der Waals surface area contributed by atoms with Crippen LogP contribution in [0.3, 0.4) is 0 Å². The zero-order chi connectivity index (χ0) is 26.5. The van der Waals surface area contributed by atoms with E-state index >= 15 is 0 Å². The van der Waals surface area contributed by atoms with Crippen molar-refractivity contribution >= 4 is 147 Å². The molecule has 5 N–H and O–H groups in total. The van der Waals surface area contributed by atoms with Crippen molar-refractivity contribution < 1.29 is 53.7 Å². The second-order valence-electron chi connectivity index (χ2n) is 6.79. The molecule has 0 saturated carbocycles. The summed E-state index contributed by atoms with van der Waals surface area (Å²) < 4.78 is 97.9. The summed E-state index contributed by atoms with van der Waals surface area (Å²) in [5, 5.41) is 22.2. The van der Waals surface area contributed by atoms with Crippen LogP contribution in [0.5, 0.6) is 5.75 Å². The standard InChI is InChI=1S/C17H12N2O13S3.3Na.3H/c20-13-7-9(33(24,25)26)6-11-14(34(27,28)29)4-3-12(16(11)13)18-17(21)10-2-1-8(19(22)23)5-15(10)35(30,31)32;;;;;;/h1-7,20H,(H,18,21)(H,24,25,26)(H,27,28,29)(H,30,31,32);;;;;;. The van der Waals surface area contributed by atoms with Crippen LogP contribution in [0.2, 0.25) is 0 Å². The van der Waals surface area contributed by atoms with Crippen LogP contribution >= 0.6 is 0 Å². The molecule has 192 valence electrons. The first-order valence-electron chi connectivity index (χ1n) is 8.73. The molecule has 0 aliphatic carbocycles. The van der Waals surface area contributed by atoms with E-state index in [0.29, 0.717) is 30.3 Å². The Balaban J connectivity index is 0.00000456. The monoisotopic (exact) mass is 620 g/mol. The molecule has 21 heteroatoms. The van der Waals surface area contributed by atoms with Crippen molar-refractivity contribution in [3.63, 3.8) is 0 Å². The van der Waals surface area contributed by atoms with E-state index in [9.17, 15) is 58.9 Å². The Morgan fingerprint density at radius 3 is 1.82 bits per heavy atom. The number of nitro benzene ring substituents is 1. The second-order valence-corrected chi connectivity index (χ2v) is 11.0. The van der Waals surface area contributed by atoms with Gasteiger partial charge < -0.3 is 10.4 Å². The second kappa shape index (κ2) is 13.3. The third-order valence-electron chi connectivity index (χ3n) is 4.55. The molecule has 0 aromatic heterocycles. The Kier molecular flexibility index (Phi) is 13.1. The molecule has 0 atom stereocenters. The number of aromatic hydroxyl groups is 1. The minimum atomic E-state index is -5.15. The molecule has 0 spiro atoms. The molecule has 3 aromatic rings. The number of non-ortho nitro benzene ring substituents is 1. The molecule has 0 unspecified atom stereocenters. The van der Waals surface area contributed by atoms with Crippen LogP contribution in [0.15, 0.2) is 57.2 Å². The van der Waals surface area contributed by atoms with Gasteiger partial charge in [-0.15, -0.1) is 0 Å². The van der Waals surface area contributed by atoms with Gasteiger partial charge in [-0.2, -0.15) is 25.3 Å². The van der Waals surface area contributed by atoms with Crippen LogP contribution in [0.1, 0.15) is 10.4 Å². The molecular formula is C17H15N2Na3O13S3. The zero-order valence-corrected chi connectivity index (χ0v) is 19.1. The molecule has 0 radical (unpaired) electrons. The number of rotatable bonds is 6. The molecular weight excluding hydrogens is 605 g/mol. The number of carbonyl (C=O) groups is 1. The van der Waals surface area contributed by atoms with E-state index in [1.54, 1.807) is 0 Å². The number of nitrogens with one attached hydrogen (secondary N) is 1. The van der Waals surface area contributed by atoms with Gasteiger partial charge in [0.2, 0.25) is 0 Å². The SMILES string of the molecule is O=C(Nc1ccc(S(=O)(=O)O)c2cc(S(=O)(=O)O)cc(O)c12)c1ccc([N+](=O)[O-])cc1S(=O)(=O)O.[NaH].[NaH].[NaH]. The summed E-state index contributed by atoms with van der Waals surface area (Å²) in [4.78, 5) is 19.7. The van der Waals surface area contributed by atoms with Crippen molar-refractivity contribution in [2.75, 3.05) is 5.32 Å². The molecule has 3 aromatic carbocycles. The number of phenols is 1. The van der Waals surface area contributed by atoms with Crippen molar-refractivity contribution in [1.82, 2.24) is 0 Å². The van der Waals surface area contributed by atoms with Crippen LogP contribution in [-0.2, 0) is 30.4 Å². The summed E-state index contributed by atoms with van der Waals surface area (Å²) in [6.45, 7) is 0. The van der Waals surface area contributed by atoms with Crippen molar-refractivity contribution in [3.8, 4) is 5.75 Å². The van der Waals surface area contributed by atoms with Gasteiger partial charge in [0.05, 0.1) is 21.1 Å². The Morgan fingerprint density at radius 2 is 1.34 bits per heavy atom. The third-order valence-corrected chi connectivity index (χ3v) is 7.19. The van der Waals surface area contributed by atoms with E-state index in [4.69, 9.17) is 0 Å². The van der Waals surface area contributed by atoms with Gasteiger partial charge >= 0.3 is 88.7 Å². The van der Waals surface area contributed by atoms with Crippen molar-refractivity contribution in [2.24, 2.45) is 0 Å². The molecule has 0 saturated heterocycles. The van der Waals surface area contributed by atoms with Gasteiger partial charge in [0.25, 0.3) is 41.9 Å². The van der Waals surface area contributed by atoms with E-state index in [1.807, 2.05) is 0 Å². The summed E-state index contributed by atoms with van der Waals surface area (Å²) in [6.07, 6.45) is 0. The molecule has 15 nitrogen and oxygen atoms in total. The first-order chi connectivity index (χ1) is 15.9. The van der Waals surface area contributed by atoms with E-state index in [2.05, 4.69) is 5.32 Å². The summed E-state index contributed by atoms with van der Waals surface area (Å²) in [5.41, 5.74) is -1.98. The fraction of sp³-hybridized carbons (Fsp3) is 0. The van der Waals surface area contributed by atoms with Crippen molar-refractivity contribution in [2.45, 2.75) is 14.7 Å². The Labute approximate surface area is 281 Å². The molecule has 0 heterocycles. The summed E-state index contributed by atoms with van der Waals surface area (Å²) in [6, 6.07) is 4.55. The summed E-state index contributed by atoms with van der Waals surface area (Å²) in [7, 11) is -15.1. The summed E-state index contributed by atoms with van der Waals surface area (Å²) >= 11 is 0. The number of nitrogens with zero attached hydrogens (tertiary/aromatic N) is 1. The number of fused-ring (bicyclic) bond motifs is 1. The number of hydrogen-bond donors (Lipinski definition) is 5. The fourth-order valence-electron chi connectivity index (χ4n) is 3.10. The predicted octanol–water partition coefficient (Wildman–Crippen LogP) is -0.500. The van der Waals surface area contributed by atoms with E-state index < -0.39 is 89.3 Å². The molecule has 1 amide bonds. The predicted molar refractivity (Wildman–Crippen MR) is 138 cm³/mol. The number of anilines is 1. The van der Waals surface area contributed by atoms with Gasteiger partial charge in [-0.3, -0.25) is 28.6 Å². The van der Waals surface area contributed by atoms with Crippen LogP contribution in [0.4, 0.5) is 11.4 Å². The Hall–Kier alpha value is -0.680. The average molecular weight is 620 g/mol. The topological polar surface area (TPSA) is 256 Å². The van der Waals surface area contributed by atoms with E-state index in [1.165, 1.54) is 0 Å². The molecule has 0 aliphatic heterocycles. The van der Waals surface area contributed by atoms with E-state index in [-0.39, 0.29) is 88.7 Å². The third kappa shape index (κ3) is 8.18. The van der Waals surface area contributed by atoms with Gasteiger partial charge in [-0.25, -0.2) is 0 Å². The number of benzene rings is 3. The average Bonchev–Trinajstić information content (AvgIpc) is 2.70. The van der Waals surface area contributed by atoms with Crippen LogP contribution < -0.4 is 5.32 Å². The number of carbonyl (C=O) groups excluding carboxylic acids is 1. The normalized spacial score (nSPS) is 11.4. The summed E-state index contributed by atoms with van der Waals surface area (Å²) in [5.74, 6) is -2.28. The Morgan fingerprint density at radius 1 is 0.789 bits per heavy atom. The maximum atomic E-state index is 12.8. The first-order valence-corrected chi connectivity index (χ1v) is 13.1. The molecule has 0 fully saturated rings. The fourth-order valence-corrected chi connectivity index (χ4v) is 5.02. The Bertz CT molecular complexity index is 1760. The van der Waals surface area contributed by atoms with Crippen LogP contribution in [-0.4, -0.2) is 144 Å². The van der Waals surface area contributed by atoms with Gasteiger partial charge in [0.1, 0.15) is 15.5 Å². The minimum absolute atomic E-state index is 0. The molecule has 38 heavy (non-hydrogen) atoms. The first kappa shape index (κ1) is 37.3.